The molecule has 9 nitrogen and oxygen atoms in total. The molecule has 1 N–H and O–H groups in total. The van der Waals surface area contributed by atoms with Gasteiger partial charge >= 0.3 is 19.8 Å². The number of allylic oxidation sites excluding steroid dienone is 12. The minimum absolute atomic E-state index is 0.0336. The van der Waals surface area contributed by atoms with Gasteiger partial charge in [0.15, 0.2) is 6.10 Å². The number of hydrogen-bond acceptors (Lipinski definition) is 7. The van der Waals surface area contributed by atoms with E-state index in [4.69, 9.17) is 18.5 Å². The third-order valence-electron chi connectivity index (χ3n) is 18.7. The van der Waals surface area contributed by atoms with Crippen LogP contribution in [0.5, 0.6) is 0 Å². The van der Waals surface area contributed by atoms with Crippen LogP contribution in [0.15, 0.2) is 72.9 Å². The van der Waals surface area contributed by atoms with Crippen LogP contribution in [0.2, 0.25) is 0 Å². The Hall–Kier alpha value is -2.55. The lowest BCUT2D eigenvalue weighted by Crippen LogP contribution is -2.37. The van der Waals surface area contributed by atoms with Crippen molar-refractivity contribution in [3.8, 4) is 0 Å². The number of esters is 2. The van der Waals surface area contributed by atoms with Crippen LogP contribution >= 0.6 is 7.82 Å². The predicted octanol–water partition coefficient (Wildman–Crippen LogP) is 27.8. The van der Waals surface area contributed by atoms with E-state index in [1.165, 1.54) is 315 Å². The van der Waals surface area contributed by atoms with Gasteiger partial charge in [-0.1, -0.05) is 389 Å². The van der Waals surface area contributed by atoms with Gasteiger partial charge in [0.05, 0.1) is 27.7 Å². The fourth-order valence-electron chi connectivity index (χ4n) is 12.4. The van der Waals surface area contributed by atoms with Gasteiger partial charge in [0.25, 0.3) is 0 Å². The first-order chi connectivity index (χ1) is 47.0. The Bertz CT molecular complexity index is 1850. The Balaban J connectivity index is 3.88. The fraction of sp³-hybridized carbons (Fsp3) is 0.837. The second-order valence-corrected chi connectivity index (χ2v) is 30.9. The third kappa shape index (κ3) is 80.4. The molecule has 0 radical (unpaired) electrons. The number of phosphoric acid groups is 1. The minimum atomic E-state index is -4.40. The first-order valence-electron chi connectivity index (χ1n) is 41.7. The van der Waals surface area contributed by atoms with Gasteiger partial charge in [0.2, 0.25) is 0 Å². The van der Waals surface area contributed by atoms with Gasteiger partial charge in [0, 0.05) is 12.8 Å². The molecular weight excluding hydrogens is 1210 g/mol. The van der Waals surface area contributed by atoms with E-state index >= 15 is 0 Å². The number of ether oxygens (including phenoxy) is 2. The molecule has 0 aliphatic rings. The SMILES string of the molecule is CC/C=C\C/C=C\C/C=C\C/C=C\CCCCCCCCCCCCCCCCCCCCCCC(=O)OC(COC(=O)CCCCCCCCCCCCCCCCCCCCCCCCCCCCC/C=C\C/C=C\CCCCCCC)COP(=O)(O)OCC[N+](C)(C)C. The summed E-state index contributed by atoms with van der Waals surface area (Å²) in [5.41, 5.74) is 0. The highest BCUT2D eigenvalue weighted by Gasteiger charge is 2.27. The van der Waals surface area contributed by atoms with Gasteiger partial charge in [0.1, 0.15) is 19.8 Å². The van der Waals surface area contributed by atoms with Gasteiger partial charge in [-0.3, -0.25) is 18.6 Å². The summed E-state index contributed by atoms with van der Waals surface area (Å²) >= 11 is 0. The van der Waals surface area contributed by atoms with Crippen molar-refractivity contribution in [3.05, 3.63) is 72.9 Å². The molecule has 0 aromatic carbocycles. The van der Waals surface area contributed by atoms with Gasteiger partial charge < -0.3 is 18.9 Å². The quantitative estimate of drug-likeness (QED) is 0.0211. The Morgan fingerprint density at radius 1 is 0.333 bits per heavy atom. The zero-order valence-corrected chi connectivity index (χ0v) is 65.3. The van der Waals surface area contributed by atoms with Crippen molar-refractivity contribution in [3.63, 3.8) is 0 Å². The van der Waals surface area contributed by atoms with Crippen LogP contribution in [0.4, 0.5) is 0 Å². The van der Waals surface area contributed by atoms with Crippen LogP contribution in [-0.4, -0.2) is 74.9 Å². The zero-order valence-electron chi connectivity index (χ0n) is 64.4. The first kappa shape index (κ1) is 93.5. The summed E-state index contributed by atoms with van der Waals surface area (Å²) < 4.78 is 34.9. The molecule has 0 aliphatic heterocycles. The highest BCUT2D eigenvalue weighted by Crippen LogP contribution is 2.43. The van der Waals surface area contributed by atoms with Crippen molar-refractivity contribution < 1.29 is 42.1 Å². The van der Waals surface area contributed by atoms with Gasteiger partial charge in [-0.2, -0.15) is 0 Å². The molecule has 0 amide bonds. The summed E-state index contributed by atoms with van der Waals surface area (Å²) in [6, 6.07) is 0. The normalized spacial score (nSPS) is 13.4. The molecule has 0 aliphatic carbocycles. The minimum Gasteiger partial charge on any atom is -0.462 e. The molecule has 0 heterocycles. The number of carbonyl (C=O) groups is 2. The van der Waals surface area contributed by atoms with Crippen LogP contribution < -0.4 is 0 Å². The number of rotatable bonds is 78. The largest absolute Gasteiger partial charge is 0.472 e. The standard InChI is InChI=1S/C86H160NO8P/c1-6-8-10-12-14-16-18-20-22-24-26-28-30-32-34-36-38-40-41-42-43-44-45-47-48-50-52-54-56-58-60-62-64-66-68-70-72-74-76-78-85(88)92-82-84(83-94-96(90,91)93-81-80-87(3,4)5)95-86(89)79-77-75-73-71-69-67-65-63-61-59-57-55-53-51-49-46-39-37-35-33-31-29-27-25-23-21-19-17-15-13-11-9-7-2/h9,11,15,17-18,20-21,23-24,26-27,29,84H,6-8,10,12-14,16,19,22,25,28,30-83H2,1-5H3/p+1/b11-9-,17-15-,20-18-,23-21-,26-24-,29-27-. The summed E-state index contributed by atoms with van der Waals surface area (Å²) in [5.74, 6) is -0.774. The van der Waals surface area contributed by atoms with Crippen molar-refractivity contribution in [2.45, 2.75) is 418 Å². The molecule has 10 heteroatoms. The molecule has 0 saturated carbocycles. The molecule has 0 aromatic rings. The van der Waals surface area contributed by atoms with E-state index in [1.54, 1.807) is 0 Å². The lowest BCUT2D eigenvalue weighted by molar-refractivity contribution is -0.870. The molecule has 0 rings (SSSR count). The second kappa shape index (κ2) is 76.6. The van der Waals surface area contributed by atoms with Crippen LogP contribution in [0, 0.1) is 0 Å². The molecule has 0 aromatic heterocycles. The highest BCUT2D eigenvalue weighted by molar-refractivity contribution is 7.47. The topological polar surface area (TPSA) is 108 Å². The molecule has 0 bridgehead atoms. The maximum absolute atomic E-state index is 12.9. The van der Waals surface area contributed by atoms with E-state index in [9.17, 15) is 19.0 Å². The average molecular weight is 1370 g/mol. The summed E-state index contributed by atoms with van der Waals surface area (Å²) in [6.07, 6.45) is 105. The number of phosphoric ester groups is 1. The van der Waals surface area contributed by atoms with Crippen LogP contribution in [0.3, 0.4) is 0 Å². The maximum Gasteiger partial charge on any atom is 0.472 e. The fourth-order valence-corrected chi connectivity index (χ4v) is 13.1. The Morgan fingerprint density at radius 2 is 0.594 bits per heavy atom. The Morgan fingerprint density at radius 3 is 0.885 bits per heavy atom. The number of hydrogen-bond donors (Lipinski definition) is 1. The predicted molar refractivity (Wildman–Crippen MR) is 418 cm³/mol. The summed E-state index contributed by atoms with van der Waals surface area (Å²) in [5, 5.41) is 0. The average Bonchev–Trinajstić information content (AvgIpc) is 1.48. The number of unbranched alkanes of at least 4 members (excludes halogenated alkanes) is 52. The van der Waals surface area contributed by atoms with E-state index < -0.39 is 26.5 Å². The monoisotopic (exact) mass is 1370 g/mol. The lowest BCUT2D eigenvalue weighted by atomic mass is 10.0. The Labute approximate surface area is 597 Å². The van der Waals surface area contributed by atoms with E-state index in [0.717, 1.165) is 64.2 Å². The highest BCUT2D eigenvalue weighted by atomic mass is 31.2. The third-order valence-corrected chi connectivity index (χ3v) is 19.7. The second-order valence-electron chi connectivity index (χ2n) is 29.5. The van der Waals surface area contributed by atoms with E-state index in [0.29, 0.717) is 23.9 Å². The summed E-state index contributed by atoms with van der Waals surface area (Å²) in [7, 11) is 1.50. The number of quaternary nitrogens is 1. The van der Waals surface area contributed by atoms with Gasteiger partial charge in [-0.25, -0.2) is 4.57 Å². The Kier molecular flexibility index (Phi) is 74.6. The van der Waals surface area contributed by atoms with Crippen molar-refractivity contribution in [1.29, 1.82) is 0 Å². The van der Waals surface area contributed by atoms with Crippen molar-refractivity contribution in [2.75, 3.05) is 47.5 Å². The molecule has 0 spiro atoms. The molecule has 0 saturated heterocycles. The van der Waals surface area contributed by atoms with Crippen LogP contribution in [0.1, 0.15) is 412 Å². The molecular formula is C86H161NO8P+. The molecule has 2 unspecified atom stereocenters. The molecule has 96 heavy (non-hydrogen) atoms. The number of nitrogens with zero attached hydrogens (tertiary/aromatic N) is 1. The molecule has 562 valence electrons. The van der Waals surface area contributed by atoms with Crippen molar-refractivity contribution >= 4 is 19.8 Å². The van der Waals surface area contributed by atoms with Gasteiger partial charge in [-0.05, 0) is 83.5 Å². The number of carbonyl (C=O) groups excluding carboxylic acids is 2. The maximum atomic E-state index is 12.9. The lowest BCUT2D eigenvalue weighted by Gasteiger charge is -2.24. The van der Waals surface area contributed by atoms with Crippen molar-refractivity contribution in [2.24, 2.45) is 0 Å². The van der Waals surface area contributed by atoms with Crippen LogP contribution in [0.25, 0.3) is 0 Å². The zero-order chi connectivity index (χ0) is 69.7. The molecule has 0 fully saturated rings. The summed E-state index contributed by atoms with van der Waals surface area (Å²) in [6.45, 7) is 4.38. The van der Waals surface area contributed by atoms with Gasteiger partial charge in [-0.15, -0.1) is 0 Å². The molecule has 2 atom stereocenters. The number of likely N-dealkylation sites (N-methyl/N-ethyl adjacent to an activating group) is 1. The van der Waals surface area contributed by atoms with E-state index in [-0.39, 0.29) is 25.6 Å². The smallest absolute Gasteiger partial charge is 0.462 e. The van der Waals surface area contributed by atoms with E-state index in [1.807, 2.05) is 21.1 Å². The van der Waals surface area contributed by atoms with E-state index in [2.05, 4.69) is 86.8 Å². The van der Waals surface area contributed by atoms with Crippen LogP contribution in [-0.2, 0) is 32.7 Å². The van der Waals surface area contributed by atoms with Crippen molar-refractivity contribution in [1.82, 2.24) is 0 Å². The summed E-state index contributed by atoms with van der Waals surface area (Å²) in [4.78, 5) is 36.0. The first-order valence-corrected chi connectivity index (χ1v) is 43.2.